The molecule has 3 aromatic rings. The van der Waals surface area contributed by atoms with Gasteiger partial charge in [-0.15, -0.1) is 0 Å². The van der Waals surface area contributed by atoms with Crippen molar-refractivity contribution >= 4 is 22.9 Å². The first-order valence-electron chi connectivity index (χ1n) is 11.5. The monoisotopic (exact) mass is 451 g/mol. The molecular formula is C25H29N3O5. The summed E-state index contributed by atoms with van der Waals surface area (Å²) in [5.74, 6) is -0.296. The summed E-state index contributed by atoms with van der Waals surface area (Å²) in [5.41, 5.74) is 1.32. The number of fused-ring (bicyclic) bond motifs is 3. The summed E-state index contributed by atoms with van der Waals surface area (Å²) in [5, 5.41) is 22.8. The van der Waals surface area contributed by atoms with E-state index in [1.807, 2.05) is 4.57 Å². The molecule has 8 heteroatoms. The van der Waals surface area contributed by atoms with Gasteiger partial charge in [-0.05, 0) is 56.2 Å². The van der Waals surface area contributed by atoms with Gasteiger partial charge in [0.05, 0.1) is 18.3 Å². The Labute approximate surface area is 191 Å². The van der Waals surface area contributed by atoms with Gasteiger partial charge in [-0.1, -0.05) is 13.0 Å². The van der Waals surface area contributed by atoms with Gasteiger partial charge in [-0.25, -0.2) is 0 Å². The topological polar surface area (TPSA) is 108 Å². The maximum Gasteiger partial charge on any atom is 0.271 e. The molecule has 2 aromatic heterocycles. The number of aromatic hydroxyl groups is 2. The molecule has 1 aliphatic heterocycles. The number of furan rings is 1. The normalized spacial score (nSPS) is 25.3. The number of nitrogens with zero attached hydrogens (tertiary/aromatic N) is 2. The minimum absolute atomic E-state index is 0.0974. The Bertz CT molecular complexity index is 1220. The van der Waals surface area contributed by atoms with Gasteiger partial charge in [0.1, 0.15) is 11.2 Å². The van der Waals surface area contributed by atoms with Crippen LogP contribution in [0.1, 0.15) is 55.6 Å². The van der Waals surface area contributed by atoms with Crippen LogP contribution in [0, 0.1) is 5.92 Å². The third-order valence-electron chi connectivity index (χ3n) is 7.27. The van der Waals surface area contributed by atoms with Gasteiger partial charge < -0.3 is 29.4 Å². The standard InChI is InChI=1S/C25H29N3O5/c1-15-3-6-17(7-4-15)26-24(32)25(2)14-27-18-9-10-33-22(18)12-19(27)23(31)28(25)13-16-5-8-20(29)21(30)11-16/h5,8-12,15,17,29-30H,3-4,6-7,13-14H2,1-2H3,(H,26,32). The van der Waals surface area contributed by atoms with Crippen molar-refractivity contribution in [2.24, 2.45) is 5.92 Å². The fourth-order valence-corrected chi connectivity index (χ4v) is 5.12. The van der Waals surface area contributed by atoms with E-state index in [-0.39, 0.29) is 42.4 Å². The van der Waals surface area contributed by atoms with E-state index in [1.54, 1.807) is 36.3 Å². The van der Waals surface area contributed by atoms with Crippen LogP contribution in [0.3, 0.4) is 0 Å². The molecule has 1 saturated carbocycles. The van der Waals surface area contributed by atoms with E-state index in [0.717, 1.165) is 31.2 Å². The van der Waals surface area contributed by atoms with Gasteiger partial charge >= 0.3 is 0 Å². The average molecular weight is 452 g/mol. The molecule has 1 atom stereocenters. The molecule has 0 spiro atoms. The zero-order valence-corrected chi connectivity index (χ0v) is 18.9. The van der Waals surface area contributed by atoms with Crippen LogP contribution in [0.4, 0.5) is 0 Å². The molecule has 0 saturated heterocycles. The van der Waals surface area contributed by atoms with Crippen molar-refractivity contribution in [1.29, 1.82) is 0 Å². The second kappa shape index (κ2) is 7.86. The van der Waals surface area contributed by atoms with Crippen LogP contribution >= 0.6 is 0 Å². The predicted octanol–water partition coefficient (Wildman–Crippen LogP) is 3.76. The second-order valence-corrected chi connectivity index (χ2v) is 9.70. The molecule has 1 aromatic carbocycles. The van der Waals surface area contributed by atoms with Gasteiger partial charge in [0.15, 0.2) is 17.1 Å². The number of aromatic nitrogens is 1. The van der Waals surface area contributed by atoms with Crippen LogP contribution in [0.25, 0.3) is 11.1 Å². The minimum atomic E-state index is -1.15. The van der Waals surface area contributed by atoms with Crippen molar-refractivity contribution in [2.45, 2.75) is 64.2 Å². The molecule has 2 aliphatic rings. The first-order chi connectivity index (χ1) is 15.8. The fraction of sp³-hybridized carbons (Fsp3) is 0.440. The number of benzene rings is 1. The number of carbonyl (C=O) groups is 2. The number of hydrogen-bond donors (Lipinski definition) is 3. The molecular weight excluding hydrogens is 422 g/mol. The third-order valence-corrected chi connectivity index (χ3v) is 7.27. The highest BCUT2D eigenvalue weighted by atomic mass is 16.3. The molecule has 3 N–H and O–H groups in total. The summed E-state index contributed by atoms with van der Waals surface area (Å²) < 4.78 is 7.36. The molecule has 5 rings (SSSR count). The van der Waals surface area contributed by atoms with E-state index in [1.165, 1.54) is 12.1 Å². The maximum atomic E-state index is 13.7. The summed E-state index contributed by atoms with van der Waals surface area (Å²) in [6, 6.07) is 8.06. The lowest BCUT2D eigenvalue weighted by Gasteiger charge is -2.45. The van der Waals surface area contributed by atoms with Crippen LogP contribution in [0.5, 0.6) is 11.5 Å². The van der Waals surface area contributed by atoms with Gasteiger partial charge in [-0.2, -0.15) is 0 Å². The third kappa shape index (κ3) is 3.63. The first-order valence-corrected chi connectivity index (χ1v) is 11.5. The molecule has 1 fully saturated rings. The summed E-state index contributed by atoms with van der Waals surface area (Å²) >= 11 is 0. The molecule has 33 heavy (non-hydrogen) atoms. The quantitative estimate of drug-likeness (QED) is 0.524. The van der Waals surface area contributed by atoms with Crippen LogP contribution < -0.4 is 5.32 Å². The second-order valence-electron chi connectivity index (χ2n) is 9.70. The molecule has 1 unspecified atom stereocenters. The number of hydrogen-bond acceptors (Lipinski definition) is 5. The van der Waals surface area contributed by atoms with Crippen molar-refractivity contribution < 1.29 is 24.2 Å². The van der Waals surface area contributed by atoms with Crippen molar-refractivity contribution in [2.75, 3.05) is 0 Å². The van der Waals surface area contributed by atoms with Gasteiger partial charge in [-0.3, -0.25) is 9.59 Å². The molecule has 1 aliphatic carbocycles. The number of carbonyl (C=O) groups excluding carboxylic acids is 2. The SMILES string of the molecule is CC1CCC(NC(=O)C2(C)Cn3c(cc4occc43)C(=O)N2Cc2ccc(O)c(O)c2)CC1. The Morgan fingerprint density at radius 3 is 2.64 bits per heavy atom. The van der Waals surface area contributed by atoms with Crippen LogP contribution in [-0.4, -0.2) is 43.1 Å². The molecule has 0 bridgehead atoms. The first kappa shape index (κ1) is 21.4. The lowest BCUT2D eigenvalue weighted by molar-refractivity contribution is -0.134. The highest BCUT2D eigenvalue weighted by Crippen LogP contribution is 2.35. The highest BCUT2D eigenvalue weighted by molar-refractivity contribution is 6.02. The molecule has 174 valence electrons. The minimum Gasteiger partial charge on any atom is -0.504 e. The highest BCUT2D eigenvalue weighted by Gasteiger charge is 2.48. The summed E-state index contributed by atoms with van der Waals surface area (Å²) in [7, 11) is 0. The van der Waals surface area contributed by atoms with Gasteiger partial charge in [0.25, 0.3) is 5.91 Å². The van der Waals surface area contributed by atoms with Crippen molar-refractivity contribution in [1.82, 2.24) is 14.8 Å². The van der Waals surface area contributed by atoms with Crippen molar-refractivity contribution in [3.05, 3.63) is 47.9 Å². The zero-order chi connectivity index (χ0) is 23.3. The lowest BCUT2D eigenvalue weighted by atomic mass is 9.86. The van der Waals surface area contributed by atoms with Crippen molar-refractivity contribution in [3.63, 3.8) is 0 Å². The van der Waals surface area contributed by atoms with Crippen LogP contribution in [0.2, 0.25) is 0 Å². The molecule has 2 amide bonds. The van der Waals surface area contributed by atoms with E-state index in [2.05, 4.69) is 12.2 Å². The van der Waals surface area contributed by atoms with Gasteiger partial charge in [0, 0.05) is 24.7 Å². The Hall–Kier alpha value is -3.42. The van der Waals surface area contributed by atoms with Gasteiger partial charge in [0.2, 0.25) is 5.91 Å². The summed E-state index contributed by atoms with van der Waals surface area (Å²) in [6.45, 7) is 4.43. The average Bonchev–Trinajstić information content (AvgIpc) is 3.38. The fourth-order valence-electron chi connectivity index (χ4n) is 5.12. The van der Waals surface area contributed by atoms with Crippen LogP contribution in [0.15, 0.2) is 41.0 Å². The summed E-state index contributed by atoms with van der Waals surface area (Å²) in [6.07, 6.45) is 5.60. The molecule has 8 nitrogen and oxygen atoms in total. The number of amides is 2. The Morgan fingerprint density at radius 1 is 1.15 bits per heavy atom. The van der Waals surface area contributed by atoms with Crippen molar-refractivity contribution in [3.8, 4) is 11.5 Å². The smallest absolute Gasteiger partial charge is 0.271 e. The predicted molar refractivity (Wildman–Crippen MR) is 122 cm³/mol. The number of phenolic OH excluding ortho intramolecular Hbond substituents is 2. The van der Waals surface area contributed by atoms with E-state index >= 15 is 0 Å². The number of nitrogens with one attached hydrogen (secondary N) is 1. The van der Waals surface area contributed by atoms with Crippen LogP contribution in [-0.2, 0) is 17.9 Å². The zero-order valence-electron chi connectivity index (χ0n) is 18.9. The maximum absolute atomic E-state index is 13.7. The van der Waals surface area contributed by atoms with E-state index in [4.69, 9.17) is 4.42 Å². The Morgan fingerprint density at radius 2 is 1.91 bits per heavy atom. The Balaban J connectivity index is 1.51. The summed E-state index contributed by atoms with van der Waals surface area (Å²) in [4.78, 5) is 28.9. The van der Waals surface area contributed by atoms with E-state index in [0.29, 0.717) is 22.8 Å². The molecule has 3 heterocycles. The van der Waals surface area contributed by atoms with E-state index in [9.17, 15) is 19.8 Å². The molecule has 0 radical (unpaired) electrons. The number of phenols is 2. The van der Waals surface area contributed by atoms with E-state index < -0.39 is 5.54 Å². The Kier molecular flexibility index (Phi) is 5.11. The largest absolute Gasteiger partial charge is 0.504 e. The lowest BCUT2D eigenvalue weighted by Crippen LogP contribution is -2.64. The number of rotatable bonds is 4.